The van der Waals surface area contributed by atoms with E-state index in [0.29, 0.717) is 12.3 Å². The number of nitrogens with two attached hydrogens (primary N) is 1. The highest BCUT2D eigenvalue weighted by atomic mass is 16.1. The van der Waals surface area contributed by atoms with E-state index >= 15 is 0 Å². The van der Waals surface area contributed by atoms with Crippen molar-refractivity contribution in [3.05, 3.63) is 0 Å². The fourth-order valence-corrected chi connectivity index (χ4v) is 2.45. The number of ketones is 1. The molecule has 1 rings (SSSR count). The molecule has 3 unspecified atom stereocenters. The monoisotopic (exact) mass is 207 g/mol. The van der Waals surface area contributed by atoms with Crippen LogP contribution >= 0.6 is 0 Å². The number of carbonyl (C=O) groups excluding carboxylic acids is 1. The van der Waals surface area contributed by atoms with Gasteiger partial charge in [-0.2, -0.15) is 0 Å². The van der Waals surface area contributed by atoms with Crippen LogP contribution in [-0.4, -0.2) is 11.8 Å². The van der Waals surface area contributed by atoms with E-state index < -0.39 is 6.04 Å². The van der Waals surface area contributed by atoms with Crippen LogP contribution in [0.25, 0.3) is 0 Å². The van der Waals surface area contributed by atoms with Crippen LogP contribution in [0, 0.1) is 24.2 Å². The first-order chi connectivity index (χ1) is 7.19. The minimum absolute atomic E-state index is 0.173. The maximum Gasteiger partial charge on any atom is 0.153 e. The number of rotatable bonds is 4. The predicted octanol–water partition coefficient (Wildman–Crippen LogP) is 2.12. The lowest BCUT2D eigenvalue weighted by molar-refractivity contribution is -0.125. The van der Waals surface area contributed by atoms with Crippen LogP contribution in [0.5, 0.6) is 0 Å². The number of Topliss-reactive ketones (excluding diaryl/α,β-unsaturated/α-hetero) is 1. The van der Waals surface area contributed by atoms with Gasteiger partial charge in [-0.3, -0.25) is 4.79 Å². The molecule has 1 aliphatic carbocycles. The van der Waals surface area contributed by atoms with Gasteiger partial charge < -0.3 is 5.73 Å². The van der Waals surface area contributed by atoms with Crippen LogP contribution < -0.4 is 5.73 Å². The van der Waals surface area contributed by atoms with Crippen LogP contribution in [-0.2, 0) is 4.79 Å². The van der Waals surface area contributed by atoms with Gasteiger partial charge in [0, 0.05) is 12.3 Å². The van der Waals surface area contributed by atoms with Crippen LogP contribution in [0.3, 0.4) is 0 Å². The topological polar surface area (TPSA) is 43.1 Å². The van der Waals surface area contributed by atoms with Crippen LogP contribution in [0.1, 0.15) is 45.4 Å². The Morgan fingerprint density at radius 3 is 2.93 bits per heavy atom. The zero-order chi connectivity index (χ0) is 11.3. The van der Waals surface area contributed by atoms with Crippen molar-refractivity contribution in [2.24, 2.45) is 17.6 Å². The predicted molar refractivity (Wildman–Crippen MR) is 62.2 cm³/mol. The molecule has 0 radical (unpaired) electrons. The van der Waals surface area contributed by atoms with Crippen LogP contribution in [0.4, 0.5) is 0 Å². The normalized spacial score (nSPS) is 28.1. The maximum absolute atomic E-state index is 11.9. The van der Waals surface area contributed by atoms with Crippen molar-refractivity contribution >= 4 is 5.78 Å². The van der Waals surface area contributed by atoms with E-state index in [4.69, 9.17) is 12.2 Å². The summed E-state index contributed by atoms with van der Waals surface area (Å²) < 4.78 is 0. The van der Waals surface area contributed by atoms with E-state index in [1.807, 2.05) is 0 Å². The highest BCUT2D eigenvalue weighted by molar-refractivity contribution is 5.86. The molecule has 0 aromatic rings. The SMILES string of the molecule is C#CCC(N)C(=O)C1CCCC(CC)C1. The molecule has 1 saturated carbocycles. The Morgan fingerprint density at radius 1 is 1.60 bits per heavy atom. The standard InChI is InChI=1S/C13H21NO/c1-3-6-12(14)13(15)11-8-5-7-10(4-2)9-11/h1,10-12H,4-9,14H2,2H3. The van der Waals surface area contributed by atoms with Gasteiger partial charge in [-0.05, 0) is 18.8 Å². The van der Waals surface area contributed by atoms with Crippen molar-refractivity contribution in [1.29, 1.82) is 0 Å². The van der Waals surface area contributed by atoms with Gasteiger partial charge in [-0.15, -0.1) is 12.3 Å². The summed E-state index contributed by atoms with van der Waals surface area (Å²) in [6.07, 6.45) is 11.2. The molecule has 0 aromatic carbocycles. The highest BCUT2D eigenvalue weighted by Gasteiger charge is 2.28. The third-order valence-electron chi connectivity index (χ3n) is 3.47. The molecule has 0 aliphatic heterocycles. The Balaban J connectivity index is 2.49. The van der Waals surface area contributed by atoms with Crippen molar-refractivity contribution in [2.45, 2.75) is 51.5 Å². The lowest BCUT2D eigenvalue weighted by Gasteiger charge is -2.28. The summed E-state index contributed by atoms with van der Waals surface area (Å²) in [4.78, 5) is 11.9. The van der Waals surface area contributed by atoms with E-state index in [-0.39, 0.29) is 11.7 Å². The van der Waals surface area contributed by atoms with E-state index in [1.54, 1.807) is 0 Å². The van der Waals surface area contributed by atoms with Crippen LogP contribution in [0.2, 0.25) is 0 Å². The summed E-state index contributed by atoms with van der Waals surface area (Å²) >= 11 is 0. The van der Waals surface area contributed by atoms with Crippen molar-refractivity contribution in [3.8, 4) is 12.3 Å². The second-order valence-corrected chi connectivity index (χ2v) is 4.55. The Morgan fingerprint density at radius 2 is 2.33 bits per heavy atom. The number of carbonyl (C=O) groups is 1. The summed E-state index contributed by atoms with van der Waals surface area (Å²) in [5, 5.41) is 0. The van der Waals surface area contributed by atoms with Gasteiger partial charge in [-0.1, -0.05) is 26.2 Å². The number of hydrogen-bond donors (Lipinski definition) is 1. The molecule has 2 nitrogen and oxygen atoms in total. The maximum atomic E-state index is 11.9. The molecular weight excluding hydrogens is 186 g/mol. The van der Waals surface area contributed by atoms with Gasteiger partial charge in [0.2, 0.25) is 0 Å². The molecule has 3 atom stereocenters. The van der Waals surface area contributed by atoms with Gasteiger partial charge in [0.25, 0.3) is 0 Å². The molecule has 0 amide bonds. The van der Waals surface area contributed by atoms with Gasteiger partial charge in [0.15, 0.2) is 5.78 Å². The minimum atomic E-state index is -0.435. The fraction of sp³-hybridized carbons (Fsp3) is 0.769. The first kappa shape index (κ1) is 12.3. The molecule has 15 heavy (non-hydrogen) atoms. The van der Waals surface area contributed by atoms with E-state index in [9.17, 15) is 4.79 Å². The molecule has 0 aromatic heterocycles. The summed E-state index contributed by atoms with van der Waals surface area (Å²) in [5.41, 5.74) is 5.75. The summed E-state index contributed by atoms with van der Waals surface area (Å²) in [7, 11) is 0. The second kappa shape index (κ2) is 5.92. The smallest absolute Gasteiger partial charge is 0.153 e. The Bertz CT molecular complexity index is 254. The van der Waals surface area contributed by atoms with Crippen molar-refractivity contribution in [2.75, 3.05) is 0 Å². The lowest BCUT2D eigenvalue weighted by Crippen LogP contribution is -2.37. The first-order valence-electron chi connectivity index (χ1n) is 5.91. The largest absolute Gasteiger partial charge is 0.321 e. The lowest BCUT2D eigenvalue weighted by atomic mass is 9.77. The molecule has 0 heterocycles. The molecule has 2 N–H and O–H groups in total. The average molecular weight is 207 g/mol. The first-order valence-corrected chi connectivity index (χ1v) is 5.91. The Kier molecular flexibility index (Phi) is 4.84. The number of hydrogen-bond acceptors (Lipinski definition) is 2. The van der Waals surface area contributed by atoms with E-state index in [0.717, 1.165) is 19.3 Å². The summed E-state index contributed by atoms with van der Waals surface area (Å²) in [6.45, 7) is 2.19. The zero-order valence-corrected chi connectivity index (χ0v) is 9.54. The van der Waals surface area contributed by atoms with Gasteiger partial charge in [0.1, 0.15) is 0 Å². The van der Waals surface area contributed by atoms with Gasteiger partial charge in [0.05, 0.1) is 6.04 Å². The summed E-state index contributed by atoms with van der Waals surface area (Å²) in [5.74, 6) is 3.54. The van der Waals surface area contributed by atoms with Gasteiger partial charge >= 0.3 is 0 Å². The fourth-order valence-electron chi connectivity index (χ4n) is 2.45. The number of terminal acetylenes is 1. The van der Waals surface area contributed by atoms with Crippen LogP contribution in [0.15, 0.2) is 0 Å². The second-order valence-electron chi connectivity index (χ2n) is 4.55. The van der Waals surface area contributed by atoms with Crippen molar-refractivity contribution in [1.82, 2.24) is 0 Å². The molecule has 0 saturated heterocycles. The third-order valence-corrected chi connectivity index (χ3v) is 3.47. The quantitative estimate of drug-likeness (QED) is 0.718. The average Bonchev–Trinajstić information content (AvgIpc) is 2.28. The zero-order valence-electron chi connectivity index (χ0n) is 9.54. The van der Waals surface area contributed by atoms with E-state index in [1.165, 1.54) is 12.8 Å². The highest BCUT2D eigenvalue weighted by Crippen LogP contribution is 2.32. The molecule has 84 valence electrons. The van der Waals surface area contributed by atoms with E-state index in [2.05, 4.69) is 12.8 Å². The third kappa shape index (κ3) is 3.35. The Hall–Kier alpha value is -0.810. The van der Waals surface area contributed by atoms with Crippen molar-refractivity contribution in [3.63, 3.8) is 0 Å². The Labute approximate surface area is 92.6 Å². The minimum Gasteiger partial charge on any atom is -0.321 e. The summed E-state index contributed by atoms with van der Waals surface area (Å²) in [6, 6.07) is -0.435. The van der Waals surface area contributed by atoms with Gasteiger partial charge in [-0.25, -0.2) is 0 Å². The molecule has 1 fully saturated rings. The van der Waals surface area contributed by atoms with Crippen molar-refractivity contribution < 1.29 is 4.79 Å². The molecule has 2 heteroatoms. The molecule has 1 aliphatic rings. The molecular formula is C13H21NO. The molecule has 0 spiro atoms. The molecule has 0 bridgehead atoms.